The highest BCUT2D eigenvalue weighted by atomic mass is 16.5. The van der Waals surface area contributed by atoms with Gasteiger partial charge in [-0.1, -0.05) is 37.3 Å². The number of hydrogen-bond acceptors (Lipinski definition) is 3. The van der Waals surface area contributed by atoms with Gasteiger partial charge < -0.3 is 15.4 Å². The number of ether oxygens (including phenoxy) is 1. The van der Waals surface area contributed by atoms with E-state index in [9.17, 15) is 4.79 Å². The van der Waals surface area contributed by atoms with E-state index in [2.05, 4.69) is 6.92 Å². The first kappa shape index (κ1) is 13.1. The van der Waals surface area contributed by atoms with Crippen molar-refractivity contribution in [2.45, 2.75) is 19.1 Å². The van der Waals surface area contributed by atoms with Gasteiger partial charge in [-0.15, -0.1) is 0 Å². The number of likely N-dealkylation sites (tertiary alicyclic amines) is 1. The van der Waals surface area contributed by atoms with Crippen molar-refractivity contribution in [2.24, 2.45) is 11.7 Å². The van der Waals surface area contributed by atoms with E-state index >= 15 is 0 Å². The van der Waals surface area contributed by atoms with E-state index in [4.69, 9.17) is 10.5 Å². The molecule has 2 rings (SSSR count). The van der Waals surface area contributed by atoms with Gasteiger partial charge in [0.2, 0.25) is 0 Å². The van der Waals surface area contributed by atoms with Crippen LogP contribution in [0, 0.1) is 5.92 Å². The van der Waals surface area contributed by atoms with Crippen LogP contribution in [-0.4, -0.2) is 37.0 Å². The highest BCUT2D eigenvalue weighted by molar-refractivity contribution is 5.82. The second-order valence-electron chi connectivity index (χ2n) is 4.91. The van der Waals surface area contributed by atoms with Gasteiger partial charge in [0.15, 0.2) is 6.10 Å². The normalized spacial score (nSPS) is 25.2. The fraction of sp³-hybridized carbons (Fsp3) is 0.500. The third-order valence-corrected chi connectivity index (χ3v) is 3.54. The van der Waals surface area contributed by atoms with Crippen LogP contribution in [0.4, 0.5) is 0 Å². The van der Waals surface area contributed by atoms with Gasteiger partial charge in [-0.2, -0.15) is 0 Å². The first-order valence-electron chi connectivity index (χ1n) is 6.25. The molecule has 3 atom stereocenters. The molecule has 98 valence electrons. The zero-order chi connectivity index (χ0) is 13.1. The van der Waals surface area contributed by atoms with Crippen LogP contribution in [0.1, 0.15) is 18.6 Å². The standard InChI is InChI=1S/C14H20N2O2/c1-10-8-16(9-12(10)15)14(17)13(18-2)11-6-4-3-5-7-11/h3-7,10,12-13H,8-9,15H2,1-2H3. The van der Waals surface area contributed by atoms with Gasteiger partial charge >= 0.3 is 0 Å². The fourth-order valence-corrected chi connectivity index (χ4v) is 2.35. The number of carbonyl (C=O) groups is 1. The van der Waals surface area contributed by atoms with Crippen LogP contribution in [-0.2, 0) is 9.53 Å². The Balaban J connectivity index is 2.12. The summed E-state index contributed by atoms with van der Waals surface area (Å²) in [5.41, 5.74) is 6.84. The molecule has 18 heavy (non-hydrogen) atoms. The zero-order valence-electron chi connectivity index (χ0n) is 10.9. The molecule has 3 unspecified atom stereocenters. The molecular formula is C14H20N2O2. The maximum atomic E-state index is 12.4. The second kappa shape index (κ2) is 5.50. The van der Waals surface area contributed by atoms with Gasteiger partial charge in [0.1, 0.15) is 0 Å². The Hall–Kier alpha value is -1.39. The van der Waals surface area contributed by atoms with Gasteiger partial charge in [0.05, 0.1) is 0 Å². The highest BCUT2D eigenvalue weighted by Gasteiger charge is 2.34. The van der Waals surface area contributed by atoms with Crippen LogP contribution >= 0.6 is 0 Å². The van der Waals surface area contributed by atoms with Crippen LogP contribution in [0.5, 0.6) is 0 Å². The molecule has 1 heterocycles. The van der Waals surface area contributed by atoms with E-state index in [1.165, 1.54) is 0 Å². The van der Waals surface area contributed by atoms with Crippen molar-refractivity contribution < 1.29 is 9.53 Å². The first-order valence-corrected chi connectivity index (χ1v) is 6.25. The molecule has 1 aliphatic rings. The van der Waals surface area contributed by atoms with Gasteiger partial charge in [-0.05, 0) is 11.5 Å². The van der Waals surface area contributed by atoms with E-state index in [-0.39, 0.29) is 11.9 Å². The summed E-state index contributed by atoms with van der Waals surface area (Å²) in [6.07, 6.45) is -0.524. The van der Waals surface area contributed by atoms with Crippen LogP contribution in [0.2, 0.25) is 0 Å². The molecular weight excluding hydrogens is 228 g/mol. The second-order valence-corrected chi connectivity index (χ2v) is 4.91. The summed E-state index contributed by atoms with van der Waals surface area (Å²) >= 11 is 0. The number of rotatable bonds is 3. The lowest BCUT2D eigenvalue weighted by Gasteiger charge is -2.22. The molecule has 0 spiro atoms. The van der Waals surface area contributed by atoms with Crippen LogP contribution in [0.3, 0.4) is 0 Å². The average Bonchev–Trinajstić information content (AvgIpc) is 2.72. The summed E-state index contributed by atoms with van der Waals surface area (Å²) in [5.74, 6) is 0.353. The molecule has 0 aliphatic carbocycles. The minimum Gasteiger partial charge on any atom is -0.367 e. The predicted molar refractivity (Wildman–Crippen MR) is 69.9 cm³/mol. The van der Waals surface area contributed by atoms with Crippen molar-refractivity contribution in [1.82, 2.24) is 4.90 Å². The van der Waals surface area contributed by atoms with E-state index < -0.39 is 6.10 Å². The summed E-state index contributed by atoms with van der Waals surface area (Å²) < 4.78 is 5.35. The zero-order valence-corrected chi connectivity index (χ0v) is 10.9. The Morgan fingerprint density at radius 3 is 2.56 bits per heavy atom. The topological polar surface area (TPSA) is 55.6 Å². The average molecular weight is 248 g/mol. The minimum atomic E-state index is -0.524. The number of nitrogens with zero attached hydrogens (tertiary/aromatic N) is 1. The van der Waals surface area contributed by atoms with Crippen LogP contribution in [0.15, 0.2) is 30.3 Å². The third kappa shape index (κ3) is 2.54. The highest BCUT2D eigenvalue weighted by Crippen LogP contribution is 2.23. The Morgan fingerprint density at radius 2 is 2.06 bits per heavy atom. The van der Waals surface area contributed by atoms with Gasteiger partial charge in [0.25, 0.3) is 5.91 Å². The lowest BCUT2D eigenvalue weighted by Crippen LogP contribution is -2.36. The van der Waals surface area contributed by atoms with Crippen molar-refractivity contribution in [3.63, 3.8) is 0 Å². The quantitative estimate of drug-likeness (QED) is 0.874. The number of methoxy groups -OCH3 is 1. The molecule has 1 fully saturated rings. The van der Waals surface area contributed by atoms with E-state index in [1.807, 2.05) is 30.3 Å². The SMILES string of the molecule is COC(C(=O)N1CC(C)C(N)C1)c1ccccc1. The molecule has 1 amide bonds. The summed E-state index contributed by atoms with van der Waals surface area (Å²) in [6, 6.07) is 9.63. The van der Waals surface area contributed by atoms with Crippen molar-refractivity contribution in [3.05, 3.63) is 35.9 Å². The van der Waals surface area contributed by atoms with Crippen molar-refractivity contribution >= 4 is 5.91 Å². The lowest BCUT2D eigenvalue weighted by atomic mass is 10.1. The van der Waals surface area contributed by atoms with Crippen LogP contribution in [0.25, 0.3) is 0 Å². The molecule has 0 bridgehead atoms. The number of benzene rings is 1. The predicted octanol–water partition coefficient (Wildman–Crippen LogP) is 1.18. The largest absolute Gasteiger partial charge is 0.367 e. The number of hydrogen-bond donors (Lipinski definition) is 1. The third-order valence-electron chi connectivity index (χ3n) is 3.54. The molecule has 0 radical (unpaired) electrons. The van der Waals surface area contributed by atoms with E-state index in [0.717, 1.165) is 5.56 Å². The summed E-state index contributed by atoms with van der Waals surface area (Å²) in [6.45, 7) is 3.40. The summed E-state index contributed by atoms with van der Waals surface area (Å²) in [5, 5.41) is 0. The van der Waals surface area contributed by atoms with Gasteiger partial charge in [-0.25, -0.2) is 0 Å². The number of nitrogens with two attached hydrogens (primary N) is 1. The number of carbonyl (C=O) groups excluding carboxylic acids is 1. The molecule has 1 saturated heterocycles. The smallest absolute Gasteiger partial charge is 0.256 e. The summed E-state index contributed by atoms with van der Waals surface area (Å²) in [7, 11) is 1.56. The molecule has 0 aromatic heterocycles. The summed E-state index contributed by atoms with van der Waals surface area (Å²) in [4.78, 5) is 14.2. The fourth-order valence-electron chi connectivity index (χ4n) is 2.35. The van der Waals surface area contributed by atoms with E-state index in [1.54, 1.807) is 12.0 Å². The molecule has 4 heteroatoms. The van der Waals surface area contributed by atoms with E-state index in [0.29, 0.717) is 19.0 Å². The van der Waals surface area contributed by atoms with Crippen molar-refractivity contribution in [2.75, 3.05) is 20.2 Å². The van der Waals surface area contributed by atoms with Gasteiger partial charge in [-0.3, -0.25) is 4.79 Å². The van der Waals surface area contributed by atoms with Crippen LogP contribution < -0.4 is 5.73 Å². The maximum absolute atomic E-state index is 12.4. The Labute approximate surface area is 108 Å². The van der Waals surface area contributed by atoms with Gasteiger partial charge in [0, 0.05) is 26.2 Å². The molecule has 2 N–H and O–H groups in total. The molecule has 0 saturated carbocycles. The molecule has 1 aromatic rings. The van der Waals surface area contributed by atoms with Crippen molar-refractivity contribution in [1.29, 1.82) is 0 Å². The molecule has 4 nitrogen and oxygen atoms in total. The molecule has 1 aromatic carbocycles. The van der Waals surface area contributed by atoms with Crippen molar-refractivity contribution in [3.8, 4) is 0 Å². The monoisotopic (exact) mass is 248 g/mol. The lowest BCUT2D eigenvalue weighted by molar-refractivity contribution is -0.141. The Kier molecular flexibility index (Phi) is 3.99. The molecule has 1 aliphatic heterocycles. The Bertz CT molecular complexity index is 398. The minimum absolute atomic E-state index is 0.00324. The number of amides is 1. The maximum Gasteiger partial charge on any atom is 0.256 e. The Morgan fingerprint density at radius 1 is 1.39 bits per heavy atom. The first-order chi connectivity index (χ1) is 8.63.